The van der Waals surface area contributed by atoms with Crippen LogP contribution in [0.25, 0.3) is 0 Å². The summed E-state index contributed by atoms with van der Waals surface area (Å²) in [7, 11) is 0. The first-order chi connectivity index (χ1) is 4.36. The van der Waals surface area contributed by atoms with Gasteiger partial charge in [0.05, 0.1) is 0 Å². The largest absolute Gasteiger partial charge is 0.303 e. The predicted molar refractivity (Wildman–Crippen MR) is 38.3 cm³/mol. The lowest BCUT2D eigenvalue weighted by Crippen LogP contribution is -2.46. The molecule has 0 aromatic carbocycles. The van der Waals surface area contributed by atoms with Gasteiger partial charge < -0.3 is 4.90 Å². The third-order valence-electron chi connectivity index (χ3n) is 2.98. The molecule has 1 nitrogen and oxygen atoms in total. The van der Waals surface area contributed by atoms with E-state index in [4.69, 9.17) is 0 Å². The Morgan fingerprint density at radius 1 is 1.22 bits per heavy atom. The number of nitrogens with zero attached hydrogens (tertiary/aromatic N) is 1. The smallest absolute Gasteiger partial charge is 0.000968 e. The molecule has 0 spiro atoms. The third kappa shape index (κ3) is 0.877. The summed E-state index contributed by atoms with van der Waals surface area (Å²) >= 11 is 0. The maximum atomic E-state index is 2.60. The van der Waals surface area contributed by atoms with Gasteiger partial charge >= 0.3 is 0 Å². The molecule has 0 unspecified atom stereocenters. The van der Waals surface area contributed by atoms with E-state index >= 15 is 0 Å². The summed E-state index contributed by atoms with van der Waals surface area (Å²) in [4.78, 5) is 2.60. The van der Waals surface area contributed by atoms with Crippen molar-refractivity contribution in [1.82, 2.24) is 4.90 Å². The summed E-state index contributed by atoms with van der Waals surface area (Å²) in [5, 5.41) is 0. The number of hydrogen-bond donors (Lipinski definition) is 0. The van der Waals surface area contributed by atoms with Crippen LogP contribution in [0.2, 0.25) is 0 Å². The van der Waals surface area contributed by atoms with Crippen LogP contribution in [0, 0.1) is 11.8 Å². The van der Waals surface area contributed by atoms with E-state index in [1.54, 1.807) is 0 Å². The van der Waals surface area contributed by atoms with Gasteiger partial charge in [-0.05, 0) is 37.8 Å². The van der Waals surface area contributed by atoms with Gasteiger partial charge in [-0.25, -0.2) is 0 Å². The van der Waals surface area contributed by atoms with Crippen LogP contribution in [-0.4, -0.2) is 24.5 Å². The summed E-state index contributed by atoms with van der Waals surface area (Å²) in [5.74, 6) is 2.07. The fraction of sp³-hybridized carbons (Fsp3) is 1.00. The van der Waals surface area contributed by atoms with E-state index in [0.717, 1.165) is 11.8 Å². The van der Waals surface area contributed by atoms with Gasteiger partial charge in [-0.15, -0.1) is 0 Å². The molecule has 0 amide bonds. The molecule has 0 radical (unpaired) electrons. The Morgan fingerprint density at radius 3 is 2.11 bits per heavy atom. The number of piperidine rings is 3. The number of fused-ring (bicyclic) bond motifs is 3. The zero-order valence-electron chi connectivity index (χ0n) is 6.14. The first kappa shape index (κ1) is 5.72. The maximum Gasteiger partial charge on any atom is 0.000968 e. The van der Waals surface area contributed by atoms with Crippen LogP contribution in [0.3, 0.4) is 0 Å². The van der Waals surface area contributed by atoms with Crippen molar-refractivity contribution in [3.05, 3.63) is 0 Å². The minimum absolute atomic E-state index is 0.993. The van der Waals surface area contributed by atoms with Gasteiger partial charge in [0.25, 0.3) is 0 Å². The van der Waals surface area contributed by atoms with Crippen molar-refractivity contribution in [2.24, 2.45) is 11.8 Å². The van der Waals surface area contributed by atoms with Gasteiger partial charge in [0.1, 0.15) is 0 Å². The molecule has 3 aliphatic heterocycles. The van der Waals surface area contributed by atoms with Gasteiger partial charge in [0.2, 0.25) is 0 Å². The first-order valence-electron chi connectivity index (χ1n) is 4.08. The fourth-order valence-corrected chi connectivity index (χ4v) is 2.26. The van der Waals surface area contributed by atoms with Gasteiger partial charge in [0, 0.05) is 6.54 Å². The topological polar surface area (TPSA) is 3.24 Å². The highest BCUT2D eigenvalue weighted by Crippen LogP contribution is 2.31. The zero-order valence-corrected chi connectivity index (χ0v) is 6.14. The second kappa shape index (κ2) is 1.98. The predicted octanol–water partition coefficient (Wildman–Crippen LogP) is 1.35. The SMILES string of the molecule is C[C@@H]1CN2CCC1CC2. The minimum atomic E-state index is 0.993. The Balaban J connectivity index is 2.06. The normalized spacial score (nSPS) is 49.7. The molecular formula is C8H15N. The maximum absolute atomic E-state index is 2.60. The molecule has 0 saturated carbocycles. The molecule has 0 aliphatic carbocycles. The monoisotopic (exact) mass is 125 g/mol. The molecule has 3 rings (SSSR count). The van der Waals surface area contributed by atoms with Crippen molar-refractivity contribution >= 4 is 0 Å². The average Bonchev–Trinajstić information content (AvgIpc) is 1.90. The molecule has 52 valence electrons. The molecule has 2 bridgehead atoms. The van der Waals surface area contributed by atoms with Crippen LogP contribution in [0.4, 0.5) is 0 Å². The van der Waals surface area contributed by atoms with Crippen LogP contribution in [0.5, 0.6) is 0 Å². The zero-order chi connectivity index (χ0) is 6.27. The highest BCUT2D eigenvalue weighted by atomic mass is 15.1. The van der Waals surface area contributed by atoms with Crippen molar-refractivity contribution in [3.8, 4) is 0 Å². The fourth-order valence-electron chi connectivity index (χ4n) is 2.26. The molecular weight excluding hydrogens is 110 g/mol. The average molecular weight is 125 g/mol. The lowest BCUT2D eigenvalue weighted by molar-refractivity contribution is 0.0603. The Labute approximate surface area is 57.0 Å². The van der Waals surface area contributed by atoms with Crippen LogP contribution >= 0.6 is 0 Å². The molecule has 1 atom stereocenters. The first-order valence-corrected chi connectivity index (χ1v) is 4.08. The van der Waals surface area contributed by atoms with Crippen LogP contribution in [-0.2, 0) is 0 Å². The van der Waals surface area contributed by atoms with Gasteiger partial charge in [-0.1, -0.05) is 6.92 Å². The quantitative estimate of drug-likeness (QED) is 0.472. The highest BCUT2D eigenvalue weighted by molar-refractivity contribution is 4.83. The second-order valence-corrected chi connectivity index (χ2v) is 3.62. The Kier molecular flexibility index (Phi) is 1.26. The standard InChI is InChI=1S/C8H15N/c1-7-6-9-4-2-8(7)3-5-9/h7-8H,2-6H2,1H3/t7-/m1/s1. The Morgan fingerprint density at radius 2 is 1.89 bits per heavy atom. The van der Waals surface area contributed by atoms with E-state index in [1.165, 1.54) is 32.5 Å². The molecule has 0 aromatic heterocycles. The van der Waals surface area contributed by atoms with Crippen molar-refractivity contribution in [1.29, 1.82) is 0 Å². The molecule has 0 N–H and O–H groups in total. The van der Waals surface area contributed by atoms with E-state index < -0.39 is 0 Å². The molecule has 9 heavy (non-hydrogen) atoms. The summed E-state index contributed by atoms with van der Waals surface area (Å²) in [5.41, 5.74) is 0. The van der Waals surface area contributed by atoms with E-state index in [1.807, 2.05) is 0 Å². The molecule has 3 fully saturated rings. The number of rotatable bonds is 0. The Hall–Kier alpha value is -0.0400. The van der Waals surface area contributed by atoms with E-state index in [2.05, 4.69) is 11.8 Å². The summed E-state index contributed by atoms with van der Waals surface area (Å²) in [6.07, 6.45) is 2.95. The van der Waals surface area contributed by atoms with Gasteiger partial charge in [0.15, 0.2) is 0 Å². The minimum Gasteiger partial charge on any atom is -0.303 e. The van der Waals surface area contributed by atoms with Crippen molar-refractivity contribution in [2.75, 3.05) is 19.6 Å². The van der Waals surface area contributed by atoms with E-state index in [-0.39, 0.29) is 0 Å². The lowest BCUT2D eigenvalue weighted by atomic mass is 9.80. The molecule has 3 aliphatic rings. The van der Waals surface area contributed by atoms with Crippen molar-refractivity contribution < 1.29 is 0 Å². The van der Waals surface area contributed by atoms with E-state index in [0.29, 0.717) is 0 Å². The summed E-state index contributed by atoms with van der Waals surface area (Å²) < 4.78 is 0. The van der Waals surface area contributed by atoms with Crippen molar-refractivity contribution in [2.45, 2.75) is 19.8 Å². The molecule has 3 heterocycles. The highest BCUT2D eigenvalue weighted by Gasteiger charge is 2.30. The van der Waals surface area contributed by atoms with Gasteiger partial charge in [-0.2, -0.15) is 0 Å². The van der Waals surface area contributed by atoms with Crippen LogP contribution < -0.4 is 0 Å². The third-order valence-corrected chi connectivity index (χ3v) is 2.98. The molecule has 1 heteroatoms. The van der Waals surface area contributed by atoms with E-state index in [9.17, 15) is 0 Å². The Bertz CT molecular complexity index is 103. The molecule has 3 saturated heterocycles. The summed E-state index contributed by atoms with van der Waals surface area (Å²) in [6, 6.07) is 0. The molecule has 0 aromatic rings. The second-order valence-electron chi connectivity index (χ2n) is 3.62. The van der Waals surface area contributed by atoms with Crippen LogP contribution in [0.1, 0.15) is 19.8 Å². The lowest BCUT2D eigenvalue weighted by Gasteiger charge is -2.43. The number of hydrogen-bond acceptors (Lipinski definition) is 1. The van der Waals surface area contributed by atoms with Crippen LogP contribution in [0.15, 0.2) is 0 Å². The van der Waals surface area contributed by atoms with Gasteiger partial charge in [-0.3, -0.25) is 0 Å². The van der Waals surface area contributed by atoms with Crippen molar-refractivity contribution in [3.63, 3.8) is 0 Å². The summed E-state index contributed by atoms with van der Waals surface area (Å²) in [6.45, 7) is 6.55.